The average Bonchev–Trinajstić information content (AvgIpc) is 2.77. The number of rotatable bonds is 10. The van der Waals surface area contributed by atoms with Crippen LogP contribution in [0.4, 0.5) is 0 Å². The number of nitrogens with one attached hydrogen (secondary N) is 2. The van der Waals surface area contributed by atoms with Gasteiger partial charge in [-0.1, -0.05) is 24.1 Å². The number of ether oxygens (including phenoxy) is 3. The molecule has 2 fully saturated rings. The van der Waals surface area contributed by atoms with Gasteiger partial charge in [-0.3, -0.25) is 4.99 Å². The van der Waals surface area contributed by atoms with E-state index in [1.165, 1.54) is 30.4 Å². The first kappa shape index (κ1) is 23.9. The van der Waals surface area contributed by atoms with Crippen LogP contribution in [0.25, 0.3) is 0 Å². The molecule has 1 aromatic rings. The van der Waals surface area contributed by atoms with Gasteiger partial charge in [0.2, 0.25) is 0 Å². The Morgan fingerprint density at radius 3 is 2.52 bits per heavy atom. The van der Waals surface area contributed by atoms with Crippen molar-refractivity contribution in [2.75, 3.05) is 53.7 Å². The monoisotopic (exact) mass is 431 g/mol. The Bertz CT molecular complexity index is 725. The van der Waals surface area contributed by atoms with Gasteiger partial charge in [-0.15, -0.1) is 0 Å². The molecule has 2 N–H and O–H groups in total. The smallest absolute Gasteiger partial charge is 0.191 e. The normalized spacial score (nSPS) is 20.1. The van der Waals surface area contributed by atoms with Gasteiger partial charge in [0.15, 0.2) is 5.96 Å². The second-order valence-electron chi connectivity index (χ2n) is 9.24. The van der Waals surface area contributed by atoms with Crippen molar-refractivity contribution >= 4 is 5.96 Å². The third kappa shape index (κ3) is 5.92. The van der Waals surface area contributed by atoms with Gasteiger partial charge in [0.25, 0.3) is 0 Å². The molecule has 0 radical (unpaired) electrons. The molecule has 3 rings (SSSR count). The second-order valence-corrected chi connectivity index (χ2v) is 9.24. The zero-order chi connectivity index (χ0) is 22.2. The van der Waals surface area contributed by atoms with Crippen molar-refractivity contribution in [1.29, 1.82) is 0 Å². The van der Waals surface area contributed by atoms with Crippen LogP contribution < -0.4 is 15.4 Å². The Balaban J connectivity index is 1.77. The summed E-state index contributed by atoms with van der Waals surface area (Å²) in [6, 6.07) is 6.49. The van der Waals surface area contributed by atoms with E-state index in [1.54, 1.807) is 14.2 Å². The highest BCUT2D eigenvalue weighted by atomic mass is 16.5. The molecule has 31 heavy (non-hydrogen) atoms. The molecular weight excluding hydrogens is 390 g/mol. The Labute approximate surface area is 188 Å². The standard InChI is InChI=1S/C25H41N3O3/c1-5-26-23(27-18-24(9-6-10-24)11-14-29-3)28-19-25(12-15-31-16-13-25)21-17-20(2)7-8-22(21)30-4/h7-8,17H,5-6,9-16,18-19H2,1-4H3,(H2,26,27,28). The van der Waals surface area contributed by atoms with Crippen molar-refractivity contribution in [1.82, 2.24) is 10.6 Å². The third-order valence-electron chi connectivity index (χ3n) is 7.14. The van der Waals surface area contributed by atoms with Crippen LogP contribution in [0.2, 0.25) is 0 Å². The maximum atomic E-state index is 5.76. The summed E-state index contributed by atoms with van der Waals surface area (Å²) in [5.74, 6) is 1.87. The molecule has 0 bridgehead atoms. The molecule has 0 spiro atoms. The van der Waals surface area contributed by atoms with Crippen LogP contribution in [0.1, 0.15) is 56.6 Å². The molecule has 1 saturated carbocycles. The van der Waals surface area contributed by atoms with Gasteiger partial charge in [0.05, 0.1) is 7.11 Å². The molecule has 1 saturated heterocycles. The summed E-state index contributed by atoms with van der Waals surface area (Å²) in [4.78, 5) is 5.01. The van der Waals surface area contributed by atoms with Crippen molar-refractivity contribution in [2.45, 2.75) is 57.8 Å². The molecular formula is C25H41N3O3. The number of benzene rings is 1. The minimum atomic E-state index is -0.0317. The van der Waals surface area contributed by atoms with Gasteiger partial charge < -0.3 is 24.8 Å². The Morgan fingerprint density at radius 2 is 1.90 bits per heavy atom. The molecule has 6 nitrogen and oxygen atoms in total. The fourth-order valence-electron chi connectivity index (χ4n) is 4.86. The zero-order valence-electron chi connectivity index (χ0n) is 19.9. The number of nitrogens with zero attached hydrogens (tertiary/aromatic N) is 1. The van der Waals surface area contributed by atoms with Crippen molar-refractivity contribution in [3.63, 3.8) is 0 Å². The SMILES string of the molecule is CCNC(=NCC1(CCOC)CCC1)NCC1(c2cc(C)ccc2OC)CCOCC1. The first-order valence-electron chi connectivity index (χ1n) is 11.8. The van der Waals surface area contributed by atoms with Gasteiger partial charge >= 0.3 is 0 Å². The summed E-state index contributed by atoms with van der Waals surface area (Å²) >= 11 is 0. The minimum Gasteiger partial charge on any atom is -0.496 e. The van der Waals surface area contributed by atoms with E-state index in [2.05, 4.69) is 42.7 Å². The van der Waals surface area contributed by atoms with Crippen LogP contribution >= 0.6 is 0 Å². The topological polar surface area (TPSA) is 64.1 Å². The van der Waals surface area contributed by atoms with Crippen LogP contribution in [0.3, 0.4) is 0 Å². The van der Waals surface area contributed by atoms with Crippen molar-refractivity contribution in [3.8, 4) is 5.75 Å². The first-order chi connectivity index (χ1) is 15.1. The molecule has 0 unspecified atom stereocenters. The molecule has 0 atom stereocenters. The Hall–Kier alpha value is -1.79. The summed E-state index contributed by atoms with van der Waals surface area (Å²) in [7, 11) is 3.55. The minimum absolute atomic E-state index is 0.0317. The lowest BCUT2D eigenvalue weighted by molar-refractivity contribution is 0.0505. The fourth-order valence-corrected chi connectivity index (χ4v) is 4.86. The maximum Gasteiger partial charge on any atom is 0.191 e. The summed E-state index contributed by atoms with van der Waals surface area (Å²) < 4.78 is 16.8. The van der Waals surface area contributed by atoms with Crippen molar-refractivity contribution in [3.05, 3.63) is 29.3 Å². The first-order valence-corrected chi connectivity index (χ1v) is 11.8. The van der Waals surface area contributed by atoms with Crippen molar-refractivity contribution in [2.24, 2.45) is 10.4 Å². The van der Waals surface area contributed by atoms with E-state index in [-0.39, 0.29) is 5.41 Å². The lowest BCUT2D eigenvalue weighted by Gasteiger charge is -2.41. The predicted molar refractivity (Wildman–Crippen MR) is 126 cm³/mol. The maximum absolute atomic E-state index is 5.76. The molecule has 0 amide bonds. The quantitative estimate of drug-likeness (QED) is 0.436. The summed E-state index contributed by atoms with van der Waals surface area (Å²) in [5.41, 5.74) is 2.81. The van der Waals surface area contributed by atoms with Crippen molar-refractivity contribution < 1.29 is 14.2 Å². The number of aliphatic imine (C=N–C) groups is 1. The second kappa shape index (κ2) is 11.2. The molecule has 6 heteroatoms. The summed E-state index contributed by atoms with van der Waals surface area (Å²) in [6.07, 6.45) is 6.84. The van der Waals surface area contributed by atoms with E-state index in [0.29, 0.717) is 5.41 Å². The van der Waals surface area contributed by atoms with E-state index in [4.69, 9.17) is 19.2 Å². The lowest BCUT2D eigenvalue weighted by Crippen LogP contribution is -2.48. The van der Waals surface area contributed by atoms with Crippen LogP contribution in [-0.4, -0.2) is 59.6 Å². The highest BCUT2D eigenvalue weighted by Crippen LogP contribution is 2.44. The van der Waals surface area contributed by atoms with E-state index >= 15 is 0 Å². The molecule has 1 aliphatic heterocycles. The zero-order valence-corrected chi connectivity index (χ0v) is 19.9. The van der Waals surface area contributed by atoms with E-state index in [1.807, 2.05) is 0 Å². The Kier molecular flexibility index (Phi) is 8.61. The van der Waals surface area contributed by atoms with Crippen LogP contribution in [0, 0.1) is 12.3 Å². The summed E-state index contributed by atoms with van der Waals surface area (Å²) in [6.45, 7) is 9.14. The largest absolute Gasteiger partial charge is 0.496 e. The number of aryl methyl sites for hydroxylation is 1. The molecule has 1 heterocycles. The average molecular weight is 432 g/mol. The summed E-state index contributed by atoms with van der Waals surface area (Å²) in [5, 5.41) is 7.13. The van der Waals surface area contributed by atoms with E-state index in [9.17, 15) is 0 Å². The highest BCUT2D eigenvalue weighted by Gasteiger charge is 2.38. The number of hydrogen-bond donors (Lipinski definition) is 2. The van der Waals surface area contributed by atoms with Gasteiger partial charge in [-0.25, -0.2) is 0 Å². The highest BCUT2D eigenvalue weighted by molar-refractivity contribution is 5.80. The number of hydrogen-bond acceptors (Lipinski definition) is 4. The van der Waals surface area contributed by atoms with E-state index in [0.717, 1.165) is 70.4 Å². The third-order valence-corrected chi connectivity index (χ3v) is 7.14. The molecule has 1 aliphatic carbocycles. The Morgan fingerprint density at radius 1 is 1.13 bits per heavy atom. The molecule has 174 valence electrons. The van der Waals surface area contributed by atoms with Gasteiger partial charge in [-0.05, 0) is 57.4 Å². The number of methoxy groups -OCH3 is 2. The van der Waals surface area contributed by atoms with Gasteiger partial charge in [-0.2, -0.15) is 0 Å². The van der Waals surface area contributed by atoms with Crippen LogP contribution in [-0.2, 0) is 14.9 Å². The van der Waals surface area contributed by atoms with Gasteiger partial charge in [0.1, 0.15) is 5.75 Å². The van der Waals surface area contributed by atoms with Gasteiger partial charge in [0, 0.05) is 57.5 Å². The number of guanidine groups is 1. The fraction of sp³-hybridized carbons (Fsp3) is 0.720. The van der Waals surface area contributed by atoms with E-state index < -0.39 is 0 Å². The molecule has 0 aromatic heterocycles. The van der Waals surface area contributed by atoms with Crippen LogP contribution in [0.15, 0.2) is 23.2 Å². The molecule has 2 aliphatic rings. The lowest BCUT2D eigenvalue weighted by atomic mass is 9.67. The predicted octanol–water partition coefficient (Wildman–Crippen LogP) is 3.81. The molecule has 1 aromatic carbocycles. The van der Waals surface area contributed by atoms with Crippen LogP contribution in [0.5, 0.6) is 5.75 Å².